The Labute approximate surface area is 174 Å². The summed E-state index contributed by atoms with van der Waals surface area (Å²) in [6, 6.07) is 25.6. The Bertz CT molecular complexity index is 1350. The second kappa shape index (κ2) is 7.64. The summed E-state index contributed by atoms with van der Waals surface area (Å²) in [5.41, 5.74) is 4.52. The van der Waals surface area contributed by atoms with Gasteiger partial charge in [0.1, 0.15) is 12.7 Å². The molecular weight excluding hydrogens is 406 g/mol. The molecule has 5 rings (SSSR count). The molecule has 0 aliphatic heterocycles. The van der Waals surface area contributed by atoms with Crippen LogP contribution in [-0.4, -0.2) is 9.90 Å². The topological polar surface area (TPSA) is 114 Å². The monoisotopic (exact) mass is 423 g/mol. The molecule has 0 saturated carbocycles. The van der Waals surface area contributed by atoms with Crippen molar-refractivity contribution < 1.29 is 33.6 Å². The van der Waals surface area contributed by atoms with E-state index in [9.17, 15) is 0 Å². The first kappa shape index (κ1) is 20.2. The highest BCUT2D eigenvalue weighted by molar-refractivity contribution is 6.22. The van der Waals surface area contributed by atoms with Crippen LogP contribution < -0.4 is 23.3 Å². The first-order valence-electron chi connectivity index (χ1n) is 9.11. The molecule has 7 nitrogen and oxygen atoms in total. The third-order valence-corrected chi connectivity index (χ3v) is 4.95. The Morgan fingerprint density at radius 3 is 1.77 bits per heavy atom. The number of aromatic nitrogens is 3. The van der Waals surface area contributed by atoms with Gasteiger partial charge >= 0.3 is 0 Å². The maximum Gasteiger partial charge on any atom is 0.258 e. The van der Waals surface area contributed by atoms with Gasteiger partial charge in [-0.05, 0) is 46.8 Å². The highest BCUT2D eigenvalue weighted by Gasteiger charge is 2.23. The lowest BCUT2D eigenvalue weighted by atomic mass is 10.00. The number of halogens is 1. The van der Waals surface area contributed by atoms with Crippen molar-refractivity contribution in [2.45, 2.75) is 6.92 Å². The summed E-state index contributed by atoms with van der Waals surface area (Å²) in [7, 11) is -2.86. The molecule has 30 heavy (non-hydrogen) atoms. The van der Waals surface area contributed by atoms with Crippen LogP contribution in [0.15, 0.2) is 72.8 Å². The predicted octanol–water partition coefficient (Wildman–Crippen LogP) is -0.291. The van der Waals surface area contributed by atoms with E-state index in [1.807, 2.05) is 4.80 Å². The van der Waals surface area contributed by atoms with Crippen molar-refractivity contribution in [2.75, 3.05) is 0 Å². The Balaban J connectivity index is 0.000000393. The molecule has 0 unspecified atom stereocenters. The summed E-state index contributed by atoms with van der Waals surface area (Å²) in [5, 5.41) is 9.91. The van der Waals surface area contributed by atoms with Crippen molar-refractivity contribution in [3.05, 3.63) is 78.4 Å². The van der Waals surface area contributed by atoms with Crippen LogP contribution in [0.25, 0.3) is 38.3 Å². The van der Waals surface area contributed by atoms with Gasteiger partial charge in [0.15, 0.2) is 0 Å². The van der Waals surface area contributed by atoms with Gasteiger partial charge in [-0.15, -0.1) is 14.9 Å². The molecule has 0 atom stereocenters. The molecule has 0 radical (unpaired) electrons. The van der Waals surface area contributed by atoms with Crippen LogP contribution in [0.1, 0.15) is 5.56 Å². The van der Waals surface area contributed by atoms with Crippen LogP contribution in [-0.2, 0) is 7.05 Å². The summed E-state index contributed by atoms with van der Waals surface area (Å²) in [5.74, 6) is 0. The van der Waals surface area contributed by atoms with Gasteiger partial charge in [-0.2, -0.15) is 0 Å². The predicted molar refractivity (Wildman–Crippen MR) is 102 cm³/mol. The molecule has 8 heteroatoms. The second-order valence-corrected chi connectivity index (χ2v) is 7.67. The molecule has 4 aromatic carbocycles. The Kier molecular flexibility index (Phi) is 5.15. The Morgan fingerprint density at radius 2 is 1.20 bits per heavy atom. The lowest BCUT2D eigenvalue weighted by Gasteiger charge is -2.17. The summed E-state index contributed by atoms with van der Waals surface area (Å²) < 4.78 is 36.1. The zero-order valence-electron chi connectivity index (χ0n) is 16.3. The minimum Gasteiger partial charge on any atom is -0.222 e. The Morgan fingerprint density at radius 1 is 0.733 bits per heavy atom. The van der Waals surface area contributed by atoms with Crippen molar-refractivity contribution in [1.29, 1.82) is 0 Å². The number of rotatable bonds is 1. The van der Waals surface area contributed by atoms with Gasteiger partial charge in [0.05, 0.1) is 5.10 Å². The second-order valence-electron chi connectivity index (χ2n) is 6.91. The molecule has 1 aromatic heterocycles. The van der Waals surface area contributed by atoms with E-state index in [-0.39, 0.29) is 0 Å². The molecule has 0 fully saturated rings. The van der Waals surface area contributed by atoms with Crippen LogP contribution in [0.4, 0.5) is 0 Å². The number of nitrogens with zero attached hydrogens (tertiary/aromatic N) is 3. The van der Waals surface area contributed by atoms with E-state index in [0.29, 0.717) is 0 Å². The van der Waals surface area contributed by atoms with E-state index >= 15 is 0 Å². The van der Waals surface area contributed by atoms with Gasteiger partial charge in [0.25, 0.3) is 5.52 Å². The van der Waals surface area contributed by atoms with Crippen LogP contribution in [0.3, 0.4) is 0 Å². The fourth-order valence-electron chi connectivity index (χ4n) is 3.70. The summed E-state index contributed by atoms with van der Waals surface area (Å²) in [6.45, 7) is 2.10. The highest BCUT2D eigenvalue weighted by Crippen LogP contribution is 2.32. The van der Waals surface area contributed by atoms with Crippen molar-refractivity contribution in [2.24, 2.45) is 7.05 Å². The number of aryl methyl sites for hydroxylation is 2. The van der Waals surface area contributed by atoms with Crippen molar-refractivity contribution in [3.63, 3.8) is 0 Å². The first-order valence-corrected chi connectivity index (χ1v) is 10.3. The van der Waals surface area contributed by atoms with Gasteiger partial charge in [-0.25, -0.2) is 18.6 Å². The lowest BCUT2D eigenvalue weighted by Crippen LogP contribution is -2.68. The van der Waals surface area contributed by atoms with Crippen molar-refractivity contribution in [3.8, 4) is 5.69 Å². The van der Waals surface area contributed by atoms with E-state index in [2.05, 4.69) is 91.4 Å². The number of hydrogen-bond donors (Lipinski definition) is 0. The van der Waals surface area contributed by atoms with Gasteiger partial charge < -0.3 is 0 Å². The normalized spacial score (nSPS) is 11.7. The third kappa shape index (κ3) is 3.85. The highest BCUT2D eigenvalue weighted by atomic mass is 35.7. The molecule has 5 aromatic rings. The average Bonchev–Trinajstić information content (AvgIpc) is 3.05. The number of benzene rings is 4. The molecule has 152 valence electrons. The van der Waals surface area contributed by atoms with Gasteiger partial charge in [-0.3, -0.25) is 0 Å². The number of fused-ring (bicyclic) bond motifs is 6. The molecule has 0 N–H and O–H groups in total. The summed E-state index contributed by atoms with van der Waals surface area (Å²) >= 11 is 0. The van der Waals surface area contributed by atoms with Gasteiger partial charge in [-0.1, -0.05) is 54.1 Å². The van der Waals surface area contributed by atoms with Crippen LogP contribution in [0.5, 0.6) is 0 Å². The molecule has 1 heterocycles. The quantitative estimate of drug-likeness (QED) is 0.271. The minimum atomic E-state index is -4.94. The maximum absolute atomic E-state index is 8.49. The SMILES string of the molecule is Cc1ccc(-n2nc3c4ccccc4c4ccccc4c3[n+]2C)cc1.[O-][Cl+3]([O-])([O-])[O-]. The average molecular weight is 424 g/mol. The molecule has 0 bridgehead atoms. The largest absolute Gasteiger partial charge is 0.258 e. The smallest absolute Gasteiger partial charge is 0.222 e. The zero-order chi connectivity index (χ0) is 21.5. The molecule has 0 aliphatic rings. The number of hydrogen-bond acceptors (Lipinski definition) is 5. The summed E-state index contributed by atoms with van der Waals surface area (Å²) in [6.07, 6.45) is 0. The molecule has 0 aliphatic carbocycles. The third-order valence-electron chi connectivity index (χ3n) is 4.95. The minimum absolute atomic E-state index is 1.04. The van der Waals surface area contributed by atoms with Gasteiger partial charge in [0, 0.05) is 10.8 Å². The fraction of sp³-hybridized carbons (Fsp3) is 0.0909. The lowest BCUT2D eigenvalue weighted by molar-refractivity contribution is -2.00. The van der Waals surface area contributed by atoms with E-state index in [1.165, 1.54) is 27.1 Å². The maximum atomic E-state index is 8.49. The molecule has 0 amide bonds. The first-order chi connectivity index (χ1) is 14.2. The summed E-state index contributed by atoms with van der Waals surface area (Å²) in [4.78, 5) is 1.99. The molecular formula is C22H18ClN3O4. The van der Waals surface area contributed by atoms with Crippen molar-refractivity contribution in [1.82, 2.24) is 9.90 Å². The standard InChI is InChI=1S/C22H18N3.ClHO4/c1-15-11-13-16(14-12-15)25-23-21-19-9-5-3-7-17(19)18-8-4-6-10-20(18)22(21)24(25)2;2-1(3,4)5/h3-14H,1-2H3;(H,2,3,4,5)/q+1;/p-1. The van der Waals surface area contributed by atoms with E-state index in [0.717, 1.165) is 16.7 Å². The van der Waals surface area contributed by atoms with Crippen LogP contribution in [0.2, 0.25) is 0 Å². The van der Waals surface area contributed by atoms with E-state index in [1.54, 1.807) is 0 Å². The van der Waals surface area contributed by atoms with Crippen LogP contribution in [0, 0.1) is 17.2 Å². The fourth-order valence-corrected chi connectivity index (χ4v) is 3.70. The Hall–Kier alpha value is -3.07. The molecule has 0 spiro atoms. The van der Waals surface area contributed by atoms with E-state index < -0.39 is 10.2 Å². The molecule has 0 saturated heterocycles. The van der Waals surface area contributed by atoms with Gasteiger partial charge in [0.2, 0.25) is 5.52 Å². The van der Waals surface area contributed by atoms with Crippen molar-refractivity contribution >= 4 is 32.6 Å². The zero-order valence-corrected chi connectivity index (χ0v) is 17.0. The van der Waals surface area contributed by atoms with Crippen LogP contribution >= 0.6 is 0 Å². The van der Waals surface area contributed by atoms with E-state index in [4.69, 9.17) is 23.7 Å².